The van der Waals surface area contributed by atoms with E-state index in [4.69, 9.17) is 4.74 Å². The first kappa shape index (κ1) is 14.1. The van der Waals surface area contributed by atoms with E-state index in [-0.39, 0.29) is 0 Å². The minimum atomic E-state index is 0.297. The Labute approximate surface area is 133 Å². The monoisotopic (exact) mass is 344 g/mol. The fourth-order valence-electron chi connectivity index (χ4n) is 2.57. The van der Waals surface area contributed by atoms with Crippen molar-refractivity contribution in [2.45, 2.75) is 19.4 Å². The number of rotatable bonds is 2. The molecule has 0 radical (unpaired) electrons. The molecular weight excluding hydrogens is 328 g/mol. The van der Waals surface area contributed by atoms with Gasteiger partial charge in [0.15, 0.2) is 0 Å². The molecular formula is C17H17BrN2O. The Morgan fingerprint density at radius 3 is 2.71 bits per heavy atom. The Morgan fingerprint density at radius 2 is 2.00 bits per heavy atom. The van der Waals surface area contributed by atoms with Gasteiger partial charge >= 0.3 is 0 Å². The molecule has 1 heterocycles. The van der Waals surface area contributed by atoms with Gasteiger partial charge in [-0.05, 0) is 47.0 Å². The summed E-state index contributed by atoms with van der Waals surface area (Å²) in [6.45, 7) is 2.14. The number of nitrogens with one attached hydrogen (secondary N) is 1. The van der Waals surface area contributed by atoms with Crippen molar-refractivity contribution in [1.82, 2.24) is 5.43 Å². The van der Waals surface area contributed by atoms with E-state index in [0.29, 0.717) is 6.04 Å². The van der Waals surface area contributed by atoms with Gasteiger partial charge < -0.3 is 10.2 Å². The lowest BCUT2D eigenvalue weighted by Gasteiger charge is -2.13. The summed E-state index contributed by atoms with van der Waals surface area (Å²) >= 11 is 3.57. The lowest BCUT2D eigenvalue weighted by Crippen LogP contribution is -2.21. The molecule has 21 heavy (non-hydrogen) atoms. The van der Waals surface area contributed by atoms with Gasteiger partial charge in [-0.25, -0.2) is 0 Å². The largest absolute Gasteiger partial charge is 0.496 e. The third-order valence-corrected chi connectivity index (χ3v) is 4.22. The van der Waals surface area contributed by atoms with E-state index in [1.54, 1.807) is 7.11 Å². The number of hydrogen-bond donors (Lipinski definition) is 1. The molecule has 1 N–H and O–H groups in total. The van der Waals surface area contributed by atoms with Crippen LogP contribution in [0.4, 0.5) is 0 Å². The standard InChI is InChI=1S/C17H17BrN2O/c1-11-8-13-9-15(18)16(21-2)10-14(13)17(20-19-11)12-6-4-3-5-7-12/h3-7,9-11,19H,8H2,1-2H3. The number of nitrogens with zero attached hydrogens (tertiary/aromatic N) is 1. The summed E-state index contributed by atoms with van der Waals surface area (Å²) in [6, 6.07) is 14.7. The van der Waals surface area contributed by atoms with Gasteiger partial charge in [0.2, 0.25) is 0 Å². The number of methoxy groups -OCH3 is 1. The zero-order valence-electron chi connectivity index (χ0n) is 12.1. The number of hydrazone groups is 1. The Bertz CT molecular complexity index is 683. The Morgan fingerprint density at radius 1 is 1.24 bits per heavy atom. The molecule has 1 unspecified atom stereocenters. The zero-order valence-corrected chi connectivity index (χ0v) is 13.6. The maximum atomic E-state index is 5.44. The summed E-state index contributed by atoms with van der Waals surface area (Å²) in [5, 5.41) is 4.62. The molecule has 1 aliphatic rings. The van der Waals surface area contributed by atoms with Gasteiger partial charge in [-0.15, -0.1) is 0 Å². The summed E-state index contributed by atoms with van der Waals surface area (Å²) in [5.74, 6) is 0.826. The molecule has 0 bridgehead atoms. The molecule has 0 aromatic heterocycles. The third kappa shape index (κ3) is 2.81. The smallest absolute Gasteiger partial charge is 0.133 e. The number of fused-ring (bicyclic) bond motifs is 1. The predicted molar refractivity (Wildman–Crippen MR) is 89.1 cm³/mol. The molecule has 0 aliphatic carbocycles. The lowest BCUT2D eigenvalue weighted by molar-refractivity contribution is 0.412. The minimum absolute atomic E-state index is 0.297. The SMILES string of the molecule is COc1cc2c(cc1Br)CC(C)NN=C2c1ccccc1. The summed E-state index contributed by atoms with van der Waals surface area (Å²) in [6.07, 6.45) is 0.928. The lowest BCUT2D eigenvalue weighted by atomic mass is 9.94. The average Bonchev–Trinajstić information content (AvgIpc) is 2.65. The van der Waals surface area contributed by atoms with Crippen molar-refractivity contribution in [3.05, 3.63) is 63.6 Å². The number of ether oxygens (including phenoxy) is 1. The van der Waals surface area contributed by atoms with Gasteiger partial charge in [0.25, 0.3) is 0 Å². The van der Waals surface area contributed by atoms with Crippen molar-refractivity contribution in [1.29, 1.82) is 0 Å². The average molecular weight is 345 g/mol. The Balaban J connectivity index is 2.19. The predicted octanol–water partition coefficient (Wildman–Crippen LogP) is 3.74. The highest BCUT2D eigenvalue weighted by atomic mass is 79.9. The quantitative estimate of drug-likeness (QED) is 0.900. The van der Waals surface area contributed by atoms with Crippen LogP contribution in [0.2, 0.25) is 0 Å². The number of halogens is 1. The van der Waals surface area contributed by atoms with Gasteiger partial charge in [-0.2, -0.15) is 5.10 Å². The molecule has 3 nitrogen and oxygen atoms in total. The molecule has 3 rings (SSSR count). The highest BCUT2D eigenvalue weighted by Crippen LogP contribution is 2.31. The molecule has 0 saturated carbocycles. The van der Waals surface area contributed by atoms with Crippen LogP contribution in [-0.4, -0.2) is 18.9 Å². The zero-order chi connectivity index (χ0) is 14.8. The maximum Gasteiger partial charge on any atom is 0.133 e. The molecule has 0 saturated heterocycles. The maximum absolute atomic E-state index is 5.44. The third-order valence-electron chi connectivity index (χ3n) is 3.60. The highest BCUT2D eigenvalue weighted by Gasteiger charge is 2.20. The summed E-state index contributed by atoms with van der Waals surface area (Å²) < 4.78 is 6.42. The molecule has 2 aromatic carbocycles. The van der Waals surface area contributed by atoms with Crippen molar-refractivity contribution < 1.29 is 4.74 Å². The minimum Gasteiger partial charge on any atom is -0.496 e. The van der Waals surface area contributed by atoms with Crippen molar-refractivity contribution in [3.8, 4) is 5.75 Å². The van der Waals surface area contributed by atoms with Gasteiger partial charge in [0, 0.05) is 17.2 Å². The first-order chi connectivity index (χ1) is 10.2. The molecule has 0 spiro atoms. The van der Waals surface area contributed by atoms with Crippen LogP contribution in [0.5, 0.6) is 5.75 Å². The number of hydrogen-bond acceptors (Lipinski definition) is 3. The Kier molecular flexibility index (Phi) is 3.97. The number of benzene rings is 2. The normalized spacial score (nSPS) is 17.3. The van der Waals surface area contributed by atoms with Crippen LogP contribution >= 0.6 is 15.9 Å². The van der Waals surface area contributed by atoms with Gasteiger partial charge in [-0.3, -0.25) is 0 Å². The molecule has 108 valence electrons. The van der Waals surface area contributed by atoms with Crippen LogP contribution in [0.15, 0.2) is 52.0 Å². The van der Waals surface area contributed by atoms with Crippen LogP contribution in [-0.2, 0) is 6.42 Å². The second-order valence-corrected chi connectivity index (χ2v) is 6.06. The molecule has 1 aliphatic heterocycles. The van der Waals surface area contributed by atoms with Gasteiger partial charge in [0.05, 0.1) is 17.3 Å². The van der Waals surface area contributed by atoms with Crippen LogP contribution in [0.3, 0.4) is 0 Å². The molecule has 4 heteroatoms. The summed E-state index contributed by atoms with van der Waals surface area (Å²) in [5.41, 5.74) is 7.68. The summed E-state index contributed by atoms with van der Waals surface area (Å²) in [4.78, 5) is 0. The van der Waals surface area contributed by atoms with E-state index in [0.717, 1.165) is 33.5 Å². The van der Waals surface area contributed by atoms with Crippen molar-refractivity contribution in [2.24, 2.45) is 5.10 Å². The molecule has 0 amide bonds. The molecule has 1 atom stereocenters. The van der Waals surface area contributed by atoms with E-state index < -0.39 is 0 Å². The topological polar surface area (TPSA) is 33.6 Å². The van der Waals surface area contributed by atoms with Crippen molar-refractivity contribution >= 4 is 21.6 Å². The molecule has 2 aromatic rings. The first-order valence-corrected chi connectivity index (χ1v) is 7.73. The first-order valence-electron chi connectivity index (χ1n) is 6.94. The van der Waals surface area contributed by atoms with Gasteiger partial charge in [-0.1, -0.05) is 30.3 Å². The van der Waals surface area contributed by atoms with Crippen LogP contribution in [0.1, 0.15) is 23.6 Å². The van der Waals surface area contributed by atoms with Crippen LogP contribution < -0.4 is 10.2 Å². The van der Waals surface area contributed by atoms with E-state index in [2.05, 4.69) is 57.6 Å². The molecule has 0 fully saturated rings. The van der Waals surface area contributed by atoms with E-state index in [1.807, 2.05) is 18.2 Å². The van der Waals surface area contributed by atoms with E-state index in [1.165, 1.54) is 5.56 Å². The van der Waals surface area contributed by atoms with Crippen molar-refractivity contribution in [3.63, 3.8) is 0 Å². The Hall–Kier alpha value is -1.81. The van der Waals surface area contributed by atoms with E-state index >= 15 is 0 Å². The van der Waals surface area contributed by atoms with Crippen LogP contribution in [0, 0.1) is 0 Å². The fraction of sp³-hybridized carbons (Fsp3) is 0.235. The van der Waals surface area contributed by atoms with Crippen molar-refractivity contribution in [2.75, 3.05) is 7.11 Å². The fourth-order valence-corrected chi connectivity index (χ4v) is 3.12. The second kappa shape index (κ2) is 5.90. The van der Waals surface area contributed by atoms with E-state index in [9.17, 15) is 0 Å². The summed E-state index contributed by atoms with van der Waals surface area (Å²) in [7, 11) is 1.68. The highest BCUT2D eigenvalue weighted by molar-refractivity contribution is 9.10. The second-order valence-electron chi connectivity index (χ2n) is 5.20. The van der Waals surface area contributed by atoms with Crippen LogP contribution in [0.25, 0.3) is 0 Å². The van der Waals surface area contributed by atoms with Gasteiger partial charge in [0.1, 0.15) is 5.75 Å².